The van der Waals surface area contributed by atoms with Gasteiger partial charge >= 0.3 is 6.09 Å². The average molecular weight is 286 g/mol. The number of morpholine rings is 1. The molecule has 1 fully saturated rings. The molecule has 1 aliphatic heterocycles. The van der Waals surface area contributed by atoms with E-state index in [2.05, 4.69) is 10.1 Å². The van der Waals surface area contributed by atoms with E-state index in [1.54, 1.807) is 4.90 Å². The van der Waals surface area contributed by atoms with Gasteiger partial charge in [0.25, 0.3) is 0 Å². The SMILES string of the molecule is COC(=O)N[C@H](CC(C)C)C(=O)N1CCOC(C)(C)C1. The van der Waals surface area contributed by atoms with Crippen molar-refractivity contribution < 1.29 is 19.1 Å². The minimum Gasteiger partial charge on any atom is -0.453 e. The van der Waals surface area contributed by atoms with Crippen molar-refractivity contribution in [3.8, 4) is 0 Å². The Balaban J connectivity index is 2.73. The fraction of sp³-hybridized carbons (Fsp3) is 0.857. The Labute approximate surface area is 120 Å². The molecule has 0 aliphatic carbocycles. The number of nitrogens with one attached hydrogen (secondary N) is 1. The van der Waals surface area contributed by atoms with E-state index in [9.17, 15) is 9.59 Å². The van der Waals surface area contributed by atoms with E-state index in [0.29, 0.717) is 32.0 Å². The van der Waals surface area contributed by atoms with Crippen LogP contribution in [-0.4, -0.2) is 55.3 Å². The maximum absolute atomic E-state index is 12.6. The molecule has 6 heteroatoms. The van der Waals surface area contributed by atoms with Gasteiger partial charge < -0.3 is 19.7 Å². The topological polar surface area (TPSA) is 67.9 Å². The van der Waals surface area contributed by atoms with E-state index < -0.39 is 12.1 Å². The number of rotatable bonds is 4. The van der Waals surface area contributed by atoms with Crippen LogP contribution in [0, 0.1) is 5.92 Å². The predicted octanol–water partition coefficient (Wildman–Crippen LogP) is 1.39. The Morgan fingerprint density at radius 3 is 2.55 bits per heavy atom. The Bertz CT molecular complexity index is 355. The van der Waals surface area contributed by atoms with Gasteiger partial charge in [-0.3, -0.25) is 4.79 Å². The van der Waals surface area contributed by atoms with Crippen LogP contribution in [0.4, 0.5) is 4.79 Å². The minimum atomic E-state index is -0.573. The van der Waals surface area contributed by atoms with E-state index in [1.807, 2.05) is 27.7 Å². The minimum absolute atomic E-state index is 0.0690. The molecule has 1 heterocycles. The summed E-state index contributed by atoms with van der Waals surface area (Å²) in [7, 11) is 1.30. The second-order valence-corrected chi connectivity index (χ2v) is 6.19. The van der Waals surface area contributed by atoms with Gasteiger partial charge in [-0.15, -0.1) is 0 Å². The molecule has 0 saturated carbocycles. The molecule has 1 aliphatic rings. The largest absolute Gasteiger partial charge is 0.453 e. The van der Waals surface area contributed by atoms with Gasteiger partial charge in [-0.2, -0.15) is 0 Å². The van der Waals surface area contributed by atoms with Crippen molar-refractivity contribution in [3.63, 3.8) is 0 Å². The summed E-state index contributed by atoms with van der Waals surface area (Å²) in [6.07, 6.45) is 0.0163. The zero-order valence-corrected chi connectivity index (χ0v) is 13.1. The van der Waals surface area contributed by atoms with Crippen molar-refractivity contribution in [1.29, 1.82) is 0 Å². The first kappa shape index (κ1) is 16.8. The third-order valence-corrected chi connectivity index (χ3v) is 3.22. The van der Waals surface area contributed by atoms with Gasteiger partial charge in [0.05, 0.1) is 19.3 Å². The van der Waals surface area contributed by atoms with Gasteiger partial charge in [0.1, 0.15) is 6.04 Å². The lowest BCUT2D eigenvalue weighted by Gasteiger charge is -2.39. The summed E-state index contributed by atoms with van der Waals surface area (Å²) in [4.78, 5) is 25.7. The molecule has 1 rings (SSSR count). The first-order chi connectivity index (χ1) is 9.25. The summed E-state index contributed by atoms with van der Waals surface area (Å²) in [5, 5.41) is 2.63. The van der Waals surface area contributed by atoms with E-state index >= 15 is 0 Å². The van der Waals surface area contributed by atoms with Crippen LogP contribution in [0.1, 0.15) is 34.1 Å². The van der Waals surface area contributed by atoms with Crippen LogP contribution in [-0.2, 0) is 14.3 Å². The highest BCUT2D eigenvalue weighted by Gasteiger charge is 2.34. The normalized spacial score (nSPS) is 19.6. The number of methoxy groups -OCH3 is 1. The van der Waals surface area contributed by atoms with Crippen LogP contribution >= 0.6 is 0 Å². The number of carbonyl (C=O) groups is 2. The molecular formula is C14H26N2O4. The smallest absolute Gasteiger partial charge is 0.407 e. The van der Waals surface area contributed by atoms with Crippen molar-refractivity contribution in [2.45, 2.75) is 45.8 Å². The molecule has 6 nitrogen and oxygen atoms in total. The zero-order chi connectivity index (χ0) is 15.3. The summed E-state index contributed by atoms with van der Waals surface area (Å²) >= 11 is 0. The average Bonchev–Trinajstić information content (AvgIpc) is 2.35. The van der Waals surface area contributed by atoms with Gasteiger partial charge in [0.15, 0.2) is 0 Å². The summed E-state index contributed by atoms with van der Waals surface area (Å²) in [6, 6.07) is -0.545. The Kier molecular flexibility index (Phi) is 5.80. The molecule has 1 saturated heterocycles. The third-order valence-electron chi connectivity index (χ3n) is 3.22. The molecular weight excluding hydrogens is 260 g/mol. The number of hydrogen-bond donors (Lipinski definition) is 1. The Morgan fingerprint density at radius 1 is 1.40 bits per heavy atom. The van der Waals surface area contributed by atoms with Gasteiger partial charge in [0.2, 0.25) is 5.91 Å². The standard InChI is InChI=1S/C14H26N2O4/c1-10(2)8-11(15-13(18)19-5)12(17)16-6-7-20-14(3,4)9-16/h10-11H,6-9H2,1-5H3,(H,15,18)/t11-/m1/s1. The Morgan fingerprint density at radius 2 is 2.05 bits per heavy atom. The molecule has 0 aromatic rings. The van der Waals surface area contributed by atoms with Crippen LogP contribution in [0.15, 0.2) is 0 Å². The molecule has 116 valence electrons. The van der Waals surface area contributed by atoms with Crippen molar-refractivity contribution in [2.24, 2.45) is 5.92 Å². The van der Waals surface area contributed by atoms with E-state index in [1.165, 1.54) is 7.11 Å². The lowest BCUT2D eigenvalue weighted by Crippen LogP contribution is -2.56. The van der Waals surface area contributed by atoms with Gasteiger partial charge in [-0.05, 0) is 26.2 Å². The predicted molar refractivity (Wildman–Crippen MR) is 75.4 cm³/mol. The molecule has 0 aromatic heterocycles. The van der Waals surface area contributed by atoms with E-state index in [-0.39, 0.29) is 11.5 Å². The summed E-state index contributed by atoms with van der Waals surface area (Å²) in [6.45, 7) is 9.55. The highest BCUT2D eigenvalue weighted by Crippen LogP contribution is 2.18. The van der Waals surface area contributed by atoms with Crippen LogP contribution in [0.2, 0.25) is 0 Å². The Hall–Kier alpha value is -1.30. The van der Waals surface area contributed by atoms with Crippen molar-refractivity contribution in [1.82, 2.24) is 10.2 Å². The summed E-state index contributed by atoms with van der Waals surface area (Å²) in [5.41, 5.74) is -0.346. The highest BCUT2D eigenvalue weighted by atomic mass is 16.5. The molecule has 0 unspecified atom stereocenters. The molecule has 2 amide bonds. The van der Waals surface area contributed by atoms with Gasteiger partial charge in [-0.25, -0.2) is 4.79 Å². The molecule has 1 atom stereocenters. The fourth-order valence-electron chi connectivity index (χ4n) is 2.32. The summed E-state index contributed by atoms with van der Waals surface area (Å²) < 4.78 is 10.2. The molecule has 0 bridgehead atoms. The van der Waals surface area contributed by atoms with Crippen LogP contribution in [0.3, 0.4) is 0 Å². The van der Waals surface area contributed by atoms with Crippen LogP contribution < -0.4 is 5.32 Å². The maximum atomic E-state index is 12.6. The quantitative estimate of drug-likeness (QED) is 0.848. The number of hydrogen-bond acceptors (Lipinski definition) is 4. The van der Waals surface area contributed by atoms with Crippen molar-refractivity contribution in [2.75, 3.05) is 26.8 Å². The number of carbonyl (C=O) groups excluding carboxylic acids is 2. The lowest BCUT2D eigenvalue weighted by atomic mass is 10.0. The molecule has 20 heavy (non-hydrogen) atoms. The second kappa shape index (κ2) is 6.92. The molecule has 0 radical (unpaired) electrons. The van der Waals surface area contributed by atoms with Crippen molar-refractivity contribution in [3.05, 3.63) is 0 Å². The number of alkyl carbamates (subject to hydrolysis) is 1. The molecule has 0 spiro atoms. The lowest BCUT2D eigenvalue weighted by molar-refractivity contribution is -0.148. The first-order valence-corrected chi connectivity index (χ1v) is 7.02. The zero-order valence-electron chi connectivity index (χ0n) is 13.1. The molecule has 1 N–H and O–H groups in total. The third kappa shape index (κ3) is 5.00. The number of nitrogens with zero attached hydrogens (tertiary/aromatic N) is 1. The van der Waals surface area contributed by atoms with Crippen LogP contribution in [0.5, 0.6) is 0 Å². The second-order valence-electron chi connectivity index (χ2n) is 6.19. The van der Waals surface area contributed by atoms with Gasteiger partial charge in [0, 0.05) is 13.1 Å². The van der Waals surface area contributed by atoms with Crippen LogP contribution in [0.25, 0.3) is 0 Å². The maximum Gasteiger partial charge on any atom is 0.407 e. The highest BCUT2D eigenvalue weighted by molar-refractivity contribution is 5.85. The monoisotopic (exact) mass is 286 g/mol. The van der Waals surface area contributed by atoms with E-state index in [4.69, 9.17) is 4.74 Å². The first-order valence-electron chi connectivity index (χ1n) is 7.02. The number of amides is 2. The fourth-order valence-corrected chi connectivity index (χ4v) is 2.32. The van der Waals surface area contributed by atoms with E-state index in [0.717, 1.165) is 0 Å². The van der Waals surface area contributed by atoms with Crippen molar-refractivity contribution >= 4 is 12.0 Å². The number of ether oxygens (including phenoxy) is 2. The van der Waals surface area contributed by atoms with Gasteiger partial charge in [-0.1, -0.05) is 13.8 Å². The molecule has 0 aromatic carbocycles. The summed E-state index contributed by atoms with van der Waals surface area (Å²) in [5.74, 6) is 0.232.